The third kappa shape index (κ3) is 3.40. The number of nitrogens with zero attached hydrogens (tertiary/aromatic N) is 1. The van der Waals surface area contributed by atoms with Gasteiger partial charge >= 0.3 is 5.97 Å². The summed E-state index contributed by atoms with van der Waals surface area (Å²) in [6.07, 6.45) is 4.93. The molecule has 1 aromatic rings. The number of hydrogen-bond acceptors (Lipinski definition) is 3. The van der Waals surface area contributed by atoms with Gasteiger partial charge in [-0.25, -0.2) is 9.78 Å². The fourth-order valence-electron chi connectivity index (χ4n) is 1.91. The lowest BCUT2D eigenvalue weighted by Crippen LogP contribution is -2.17. The molecule has 0 aliphatic heterocycles. The van der Waals surface area contributed by atoms with E-state index in [1.165, 1.54) is 12.3 Å². The van der Waals surface area contributed by atoms with Crippen molar-refractivity contribution in [2.45, 2.75) is 20.3 Å². The monoisotopic (exact) mass is 260 g/mol. The van der Waals surface area contributed by atoms with Gasteiger partial charge in [-0.05, 0) is 35.6 Å². The zero-order valence-electron chi connectivity index (χ0n) is 10.9. The Morgan fingerprint density at radius 1 is 1.53 bits per heavy atom. The second-order valence-corrected chi connectivity index (χ2v) is 5.38. The predicted octanol–water partition coefficient (Wildman–Crippen LogP) is 2.16. The van der Waals surface area contributed by atoms with E-state index in [1.54, 1.807) is 12.1 Å². The fraction of sp³-hybridized carbons (Fsp3) is 0.357. The van der Waals surface area contributed by atoms with Gasteiger partial charge in [0, 0.05) is 18.2 Å². The molecule has 1 fully saturated rings. The Hall–Kier alpha value is -2.17. The molecule has 1 aliphatic rings. The number of carbonyl (C=O) groups is 2. The Labute approximate surface area is 111 Å². The van der Waals surface area contributed by atoms with Crippen molar-refractivity contribution in [3.63, 3.8) is 0 Å². The smallest absolute Gasteiger partial charge is 0.328 e. The maximum Gasteiger partial charge on any atom is 0.328 e. The number of rotatable bonds is 4. The normalized spacial score (nSPS) is 20.2. The van der Waals surface area contributed by atoms with Crippen LogP contribution in [0, 0.1) is 11.3 Å². The first-order valence-corrected chi connectivity index (χ1v) is 6.06. The molecule has 1 amide bonds. The van der Waals surface area contributed by atoms with E-state index in [0.717, 1.165) is 12.5 Å². The van der Waals surface area contributed by atoms with Crippen LogP contribution >= 0.6 is 0 Å². The second-order valence-electron chi connectivity index (χ2n) is 5.38. The van der Waals surface area contributed by atoms with Crippen LogP contribution in [0.15, 0.2) is 24.4 Å². The Bertz CT molecular complexity index is 549. The summed E-state index contributed by atoms with van der Waals surface area (Å²) in [5, 5.41) is 11.3. The average Bonchev–Trinajstić information content (AvgIpc) is 2.96. The van der Waals surface area contributed by atoms with E-state index in [2.05, 4.69) is 24.1 Å². The van der Waals surface area contributed by atoms with Crippen LogP contribution in [0.3, 0.4) is 0 Å². The van der Waals surface area contributed by atoms with Gasteiger partial charge in [0.2, 0.25) is 5.91 Å². The van der Waals surface area contributed by atoms with Gasteiger partial charge in [0.25, 0.3) is 0 Å². The standard InChI is InChI=1S/C14H16N2O3/c1-14(2)8-10(14)13(19)16-11-7-9(5-6-15-11)3-4-12(17)18/h3-7,10H,8H2,1-2H3,(H,17,18)(H,15,16,19)/b4-3+. The summed E-state index contributed by atoms with van der Waals surface area (Å²) in [5.74, 6) is -0.563. The Morgan fingerprint density at radius 3 is 2.79 bits per heavy atom. The molecule has 1 aliphatic carbocycles. The number of anilines is 1. The molecule has 100 valence electrons. The molecule has 0 aromatic carbocycles. The van der Waals surface area contributed by atoms with E-state index in [1.807, 2.05) is 0 Å². The highest BCUT2D eigenvalue weighted by atomic mass is 16.4. The summed E-state index contributed by atoms with van der Waals surface area (Å²) >= 11 is 0. The minimum atomic E-state index is -1.01. The summed E-state index contributed by atoms with van der Waals surface area (Å²) in [6, 6.07) is 3.32. The predicted molar refractivity (Wildman–Crippen MR) is 71.4 cm³/mol. The van der Waals surface area contributed by atoms with Crippen LogP contribution in [0.4, 0.5) is 5.82 Å². The van der Waals surface area contributed by atoms with Gasteiger partial charge < -0.3 is 10.4 Å². The lowest BCUT2D eigenvalue weighted by Gasteiger charge is -2.06. The molecule has 2 rings (SSSR count). The van der Waals surface area contributed by atoms with Gasteiger partial charge in [-0.2, -0.15) is 0 Å². The van der Waals surface area contributed by atoms with Gasteiger partial charge in [-0.15, -0.1) is 0 Å². The number of nitrogens with one attached hydrogen (secondary N) is 1. The average molecular weight is 260 g/mol. The molecule has 1 atom stereocenters. The molecule has 0 saturated heterocycles. The minimum absolute atomic E-state index is 0.0307. The third-order valence-corrected chi connectivity index (χ3v) is 3.28. The molecule has 1 unspecified atom stereocenters. The number of amides is 1. The molecule has 1 aromatic heterocycles. The molecule has 1 heterocycles. The largest absolute Gasteiger partial charge is 0.478 e. The Morgan fingerprint density at radius 2 is 2.21 bits per heavy atom. The number of carboxylic acids is 1. The van der Waals surface area contributed by atoms with Crippen LogP contribution in [0.1, 0.15) is 25.8 Å². The van der Waals surface area contributed by atoms with E-state index in [0.29, 0.717) is 11.4 Å². The van der Waals surface area contributed by atoms with Crippen molar-refractivity contribution >= 4 is 23.8 Å². The van der Waals surface area contributed by atoms with Gasteiger partial charge in [0.1, 0.15) is 5.82 Å². The maximum absolute atomic E-state index is 11.9. The minimum Gasteiger partial charge on any atom is -0.478 e. The quantitative estimate of drug-likeness (QED) is 0.813. The number of aliphatic carboxylic acids is 1. The summed E-state index contributed by atoms with van der Waals surface area (Å²) in [7, 11) is 0. The van der Waals surface area contributed by atoms with Gasteiger partial charge in [0.05, 0.1) is 0 Å². The highest BCUT2D eigenvalue weighted by Crippen LogP contribution is 2.51. The molecule has 5 nitrogen and oxygen atoms in total. The molecule has 1 saturated carbocycles. The van der Waals surface area contributed by atoms with Crippen LogP contribution in [0.25, 0.3) is 6.08 Å². The molecule has 2 N–H and O–H groups in total. The van der Waals surface area contributed by atoms with Crippen LogP contribution in [0.2, 0.25) is 0 Å². The maximum atomic E-state index is 11.9. The summed E-state index contributed by atoms with van der Waals surface area (Å²) in [4.78, 5) is 26.4. The molecule has 5 heteroatoms. The zero-order chi connectivity index (χ0) is 14.0. The molecule has 19 heavy (non-hydrogen) atoms. The van der Waals surface area contributed by atoms with Crippen LogP contribution in [-0.4, -0.2) is 22.0 Å². The number of carbonyl (C=O) groups excluding carboxylic acids is 1. The fourth-order valence-corrected chi connectivity index (χ4v) is 1.91. The Balaban J connectivity index is 2.03. The number of carboxylic acid groups (broad SMARTS) is 1. The van der Waals surface area contributed by atoms with Gasteiger partial charge in [-0.3, -0.25) is 4.79 Å². The van der Waals surface area contributed by atoms with Crippen molar-refractivity contribution in [1.82, 2.24) is 4.98 Å². The Kier molecular flexibility index (Phi) is 3.38. The molecule has 0 bridgehead atoms. The highest BCUT2D eigenvalue weighted by molar-refractivity contribution is 5.94. The molecular formula is C14H16N2O3. The third-order valence-electron chi connectivity index (χ3n) is 3.28. The first kappa shape index (κ1) is 13.3. The highest BCUT2D eigenvalue weighted by Gasteiger charge is 2.50. The van der Waals surface area contributed by atoms with Crippen molar-refractivity contribution in [3.05, 3.63) is 30.0 Å². The van der Waals surface area contributed by atoms with E-state index < -0.39 is 5.97 Å². The number of pyridine rings is 1. The van der Waals surface area contributed by atoms with Crippen molar-refractivity contribution in [2.24, 2.45) is 11.3 Å². The summed E-state index contributed by atoms with van der Waals surface area (Å²) in [6.45, 7) is 4.10. The van der Waals surface area contributed by atoms with Gasteiger partial charge in [0.15, 0.2) is 0 Å². The van der Waals surface area contributed by atoms with Crippen LogP contribution in [0.5, 0.6) is 0 Å². The van der Waals surface area contributed by atoms with E-state index in [9.17, 15) is 9.59 Å². The van der Waals surface area contributed by atoms with E-state index in [4.69, 9.17) is 5.11 Å². The topological polar surface area (TPSA) is 79.3 Å². The second kappa shape index (κ2) is 4.84. The van der Waals surface area contributed by atoms with E-state index >= 15 is 0 Å². The SMILES string of the molecule is CC1(C)CC1C(=O)Nc1cc(/C=C/C(=O)O)ccn1. The molecular weight excluding hydrogens is 244 g/mol. The van der Waals surface area contributed by atoms with E-state index in [-0.39, 0.29) is 17.2 Å². The van der Waals surface area contributed by atoms with Gasteiger partial charge in [-0.1, -0.05) is 13.8 Å². The van der Waals surface area contributed by atoms with Crippen molar-refractivity contribution in [2.75, 3.05) is 5.32 Å². The lowest BCUT2D eigenvalue weighted by molar-refractivity contribution is -0.131. The lowest BCUT2D eigenvalue weighted by atomic mass is 10.1. The number of hydrogen-bond donors (Lipinski definition) is 2. The first-order chi connectivity index (χ1) is 8.88. The van der Waals surface area contributed by atoms with Crippen LogP contribution < -0.4 is 5.32 Å². The van der Waals surface area contributed by atoms with Crippen molar-refractivity contribution < 1.29 is 14.7 Å². The molecule has 0 spiro atoms. The summed E-state index contributed by atoms with van der Waals surface area (Å²) in [5.41, 5.74) is 0.757. The summed E-state index contributed by atoms with van der Waals surface area (Å²) < 4.78 is 0. The van der Waals surface area contributed by atoms with Crippen LogP contribution in [-0.2, 0) is 9.59 Å². The molecule has 0 radical (unpaired) electrons. The van der Waals surface area contributed by atoms with Crippen molar-refractivity contribution in [1.29, 1.82) is 0 Å². The zero-order valence-corrected chi connectivity index (χ0v) is 10.9. The number of aromatic nitrogens is 1. The van der Waals surface area contributed by atoms with Crippen molar-refractivity contribution in [3.8, 4) is 0 Å². The first-order valence-electron chi connectivity index (χ1n) is 6.06.